The average molecular weight is 324 g/mol. The van der Waals surface area contributed by atoms with Crippen molar-refractivity contribution in [1.29, 1.82) is 0 Å². The summed E-state index contributed by atoms with van der Waals surface area (Å²) >= 11 is 0. The zero-order valence-corrected chi connectivity index (χ0v) is 16.7. The smallest absolute Gasteiger partial charge is 0.0417 e. The van der Waals surface area contributed by atoms with E-state index in [4.69, 9.17) is 0 Å². The second-order valence-corrected chi connectivity index (χ2v) is 7.65. The summed E-state index contributed by atoms with van der Waals surface area (Å²) in [5.41, 5.74) is 0. The van der Waals surface area contributed by atoms with Crippen molar-refractivity contribution >= 4 is 0 Å². The maximum atomic E-state index is 3.97. The van der Waals surface area contributed by atoms with E-state index in [1.165, 1.54) is 116 Å². The third kappa shape index (κ3) is 18.2. The van der Waals surface area contributed by atoms with E-state index in [-0.39, 0.29) is 0 Å². The largest absolute Gasteiger partial charge is 0.0654 e. The van der Waals surface area contributed by atoms with Crippen molar-refractivity contribution in [3.63, 3.8) is 0 Å². The second kappa shape index (κ2) is 20.0. The third-order valence-corrected chi connectivity index (χ3v) is 5.41. The molecule has 0 N–H and O–H groups in total. The Hall–Kier alpha value is 0. The van der Waals surface area contributed by atoms with Gasteiger partial charge in [-0.2, -0.15) is 0 Å². The van der Waals surface area contributed by atoms with Crippen LogP contribution in [0.2, 0.25) is 0 Å². The molecule has 1 unspecified atom stereocenters. The normalized spacial score (nSPS) is 12.7. The Bertz CT molecular complexity index is 196. The molecular formula is C23H47. The first-order chi connectivity index (χ1) is 11.3. The van der Waals surface area contributed by atoms with Gasteiger partial charge in [-0.05, 0) is 5.92 Å². The molecule has 0 heteroatoms. The third-order valence-electron chi connectivity index (χ3n) is 5.41. The fourth-order valence-corrected chi connectivity index (χ4v) is 3.61. The Labute approximate surface area is 149 Å². The summed E-state index contributed by atoms with van der Waals surface area (Å²) in [5.74, 6) is 0.981. The molecule has 0 heterocycles. The molecule has 0 rings (SSSR count). The fourth-order valence-electron chi connectivity index (χ4n) is 3.61. The van der Waals surface area contributed by atoms with Crippen LogP contribution in [0.5, 0.6) is 0 Å². The molecule has 139 valence electrons. The highest BCUT2D eigenvalue weighted by Crippen LogP contribution is 2.20. The van der Waals surface area contributed by atoms with E-state index < -0.39 is 0 Å². The lowest BCUT2D eigenvalue weighted by atomic mass is 9.93. The van der Waals surface area contributed by atoms with E-state index in [1.807, 2.05) is 0 Å². The monoisotopic (exact) mass is 323 g/mol. The summed E-state index contributed by atoms with van der Waals surface area (Å²) in [6.45, 7) is 8.62. The van der Waals surface area contributed by atoms with Crippen LogP contribution in [0.3, 0.4) is 0 Å². The number of hydrogen-bond acceptors (Lipinski definition) is 0. The topological polar surface area (TPSA) is 0 Å². The van der Waals surface area contributed by atoms with Gasteiger partial charge in [0.25, 0.3) is 0 Å². The van der Waals surface area contributed by atoms with Crippen molar-refractivity contribution in [3.05, 3.63) is 6.92 Å². The van der Waals surface area contributed by atoms with Crippen LogP contribution >= 0.6 is 0 Å². The molecule has 0 aromatic rings. The predicted molar refractivity (Wildman–Crippen MR) is 108 cm³/mol. The standard InChI is InChI=1S/C23H47/c1-4-7-9-10-11-12-13-14-15-16-17-18-19-20-22-23(6-3)21-8-5-2/h23H,2,4-22H2,1,3H3. The Morgan fingerprint density at radius 2 is 0.913 bits per heavy atom. The molecule has 0 saturated carbocycles. The summed E-state index contributed by atoms with van der Waals surface area (Å²) < 4.78 is 0. The molecule has 0 saturated heterocycles. The lowest BCUT2D eigenvalue weighted by Gasteiger charge is -2.13. The highest BCUT2D eigenvalue weighted by Gasteiger charge is 2.04. The minimum Gasteiger partial charge on any atom is -0.0654 e. The Morgan fingerprint density at radius 3 is 1.30 bits per heavy atom. The number of hydrogen-bond donors (Lipinski definition) is 0. The van der Waals surface area contributed by atoms with Crippen molar-refractivity contribution < 1.29 is 0 Å². The van der Waals surface area contributed by atoms with Gasteiger partial charge in [0.2, 0.25) is 0 Å². The minimum atomic E-state index is 0.981. The van der Waals surface area contributed by atoms with Gasteiger partial charge in [0, 0.05) is 0 Å². The van der Waals surface area contributed by atoms with Gasteiger partial charge in [0.15, 0.2) is 0 Å². The molecule has 0 aliphatic carbocycles. The van der Waals surface area contributed by atoms with Crippen molar-refractivity contribution in [2.24, 2.45) is 5.92 Å². The van der Waals surface area contributed by atoms with Gasteiger partial charge in [0.1, 0.15) is 0 Å². The molecule has 0 aliphatic heterocycles. The summed E-state index contributed by atoms with van der Waals surface area (Å²) in [6.07, 6.45) is 27.2. The zero-order chi connectivity index (χ0) is 17.0. The molecule has 0 spiro atoms. The van der Waals surface area contributed by atoms with Crippen LogP contribution in [0.25, 0.3) is 0 Å². The van der Waals surface area contributed by atoms with Gasteiger partial charge in [-0.1, -0.05) is 143 Å². The first-order valence-corrected chi connectivity index (χ1v) is 11.1. The van der Waals surface area contributed by atoms with Crippen molar-refractivity contribution in [1.82, 2.24) is 0 Å². The molecule has 1 atom stereocenters. The van der Waals surface area contributed by atoms with E-state index in [2.05, 4.69) is 20.8 Å². The van der Waals surface area contributed by atoms with E-state index in [0.717, 1.165) is 12.3 Å². The molecule has 0 fully saturated rings. The summed E-state index contributed by atoms with van der Waals surface area (Å²) in [7, 11) is 0. The maximum absolute atomic E-state index is 3.97. The lowest BCUT2D eigenvalue weighted by molar-refractivity contribution is 0.402. The van der Waals surface area contributed by atoms with Gasteiger partial charge in [0.05, 0.1) is 0 Å². The SMILES string of the molecule is [CH2]CCCC(CC)CCCCCCCCCCCCCCCC. The molecule has 0 bridgehead atoms. The summed E-state index contributed by atoms with van der Waals surface area (Å²) in [6, 6.07) is 0. The molecule has 23 heavy (non-hydrogen) atoms. The molecule has 1 radical (unpaired) electrons. The molecular weight excluding hydrogens is 276 g/mol. The highest BCUT2D eigenvalue weighted by atomic mass is 14.1. The summed E-state index contributed by atoms with van der Waals surface area (Å²) in [4.78, 5) is 0. The van der Waals surface area contributed by atoms with E-state index in [1.54, 1.807) is 0 Å². The van der Waals surface area contributed by atoms with E-state index in [9.17, 15) is 0 Å². The van der Waals surface area contributed by atoms with E-state index in [0.29, 0.717) is 0 Å². The quantitative estimate of drug-likeness (QED) is 0.208. The van der Waals surface area contributed by atoms with Crippen LogP contribution in [0, 0.1) is 12.8 Å². The number of unbranched alkanes of at least 4 members (excludes halogenated alkanes) is 14. The Balaban J connectivity index is 3.12. The molecule has 0 nitrogen and oxygen atoms in total. The van der Waals surface area contributed by atoms with Crippen molar-refractivity contribution in [2.45, 2.75) is 136 Å². The predicted octanol–water partition coefficient (Wildman–Crippen LogP) is 8.89. The Morgan fingerprint density at radius 1 is 0.522 bits per heavy atom. The fraction of sp³-hybridized carbons (Fsp3) is 0.957. The first kappa shape index (κ1) is 23.0. The van der Waals surface area contributed by atoms with Crippen LogP contribution in [0.4, 0.5) is 0 Å². The summed E-state index contributed by atoms with van der Waals surface area (Å²) in [5, 5.41) is 0. The number of rotatable bonds is 19. The Kier molecular flexibility index (Phi) is 20.0. The van der Waals surface area contributed by atoms with Gasteiger partial charge < -0.3 is 0 Å². The molecule has 0 amide bonds. The van der Waals surface area contributed by atoms with Crippen LogP contribution in [0.15, 0.2) is 0 Å². The van der Waals surface area contributed by atoms with E-state index >= 15 is 0 Å². The van der Waals surface area contributed by atoms with Crippen LogP contribution in [-0.4, -0.2) is 0 Å². The molecule has 0 aromatic carbocycles. The highest BCUT2D eigenvalue weighted by molar-refractivity contribution is 4.59. The van der Waals surface area contributed by atoms with Crippen LogP contribution < -0.4 is 0 Å². The second-order valence-electron chi connectivity index (χ2n) is 7.65. The van der Waals surface area contributed by atoms with Gasteiger partial charge in [-0.3, -0.25) is 0 Å². The first-order valence-electron chi connectivity index (χ1n) is 11.1. The average Bonchev–Trinajstić information content (AvgIpc) is 2.57. The van der Waals surface area contributed by atoms with Gasteiger partial charge in [-0.15, -0.1) is 0 Å². The van der Waals surface area contributed by atoms with Gasteiger partial charge >= 0.3 is 0 Å². The minimum absolute atomic E-state index is 0.981. The zero-order valence-electron chi connectivity index (χ0n) is 16.7. The maximum Gasteiger partial charge on any atom is -0.0417 e. The van der Waals surface area contributed by atoms with Crippen LogP contribution in [0.1, 0.15) is 136 Å². The lowest BCUT2D eigenvalue weighted by Crippen LogP contribution is -1.98. The van der Waals surface area contributed by atoms with Gasteiger partial charge in [-0.25, -0.2) is 0 Å². The van der Waals surface area contributed by atoms with Crippen molar-refractivity contribution in [3.8, 4) is 0 Å². The van der Waals surface area contributed by atoms with Crippen molar-refractivity contribution in [2.75, 3.05) is 0 Å². The molecule has 0 aromatic heterocycles. The molecule has 0 aliphatic rings. The van der Waals surface area contributed by atoms with Crippen LogP contribution in [-0.2, 0) is 0 Å².